The Morgan fingerprint density at radius 1 is 1.62 bits per heavy atom. The molecule has 1 rings (SSSR count). The molecule has 70 valence electrons. The maximum Gasteiger partial charge on any atom is 0.239 e. The van der Waals surface area contributed by atoms with Crippen molar-refractivity contribution in [1.29, 1.82) is 0 Å². The number of amides is 1. The van der Waals surface area contributed by atoms with Crippen LogP contribution in [0.5, 0.6) is 5.75 Å². The van der Waals surface area contributed by atoms with Crippen molar-refractivity contribution in [2.45, 2.75) is 0 Å². The molecule has 0 fully saturated rings. The molecule has 13 heavy (non-hydrogen) atoms. The molecule has 1 aromatic rings. The largest absolute Gasteiger partial charge is 0.503 e. The molecule has 0 saturated heterocycles. The first-order valence-electron chi connectivity index (χ1n) is 3.48. The Labute approximate surface area is 79.1 Å². The highest BCUT2D eigenvalue weighted by molar-refractivity contribution is 6.29. The van der Waals surface area contributed by atoms with Gasteiger partial charge in [0.25, 0.3) is 0 Å². The molecule has 0 aliphatic rings. The average Bonchev–Trinajstić information content (AvgIpc) is 2.13. The van der Waals surface area contributed by atoms with E-state index in [1.807, 2.05) is 0 Å². The summed E-state index contributed by atoms with van der Waals surface area (Å²) in [5, 5.41) is 11.3. The number of phenolic OH excluding ortho intramolecular Hbond substituents is 1. The Hall–Kier alpha value is -1.29. The molecular formula is C8H7ClFNO2. The molecule has 0 aromatic heterocycles. The molecule has 0 aliphatic heterocycles. The van der Waals surface area contributed by atoms with Gasteiger partial charge in [0.2, 0.25) is 5.91 Å². The molecule has 1 amide bonds. The van der Waals surface area contributed by atoms with E-state index < -0.39 is 17.5 Å². The fraction of sp³-hybridized carbons (Fsp3) is 0.125. The lowest BCUT2D eigenvalue weighted by molar-refractivity contribution is -0.113. The highest BCUT2D eigenvalue weighted by Crippen LogP contribution is 2.25. The fourth-order valence-corrected chi connectivity index (χ4v) is 0.867. The number of para-hydroxylation sites is 1. The smallest absolute Gasteiger partial charge is 0.239 e. The van der Waals surface area contributed by atoms with Crippen molar-refractivity contribution in [2.24, 2.45) is 0 Å². The topological polar surface area (TPSA) is 49.3 Å². The predicted molar refractivity (Wildman–Crippen MR) is 47.4 cm³/mol. The summed E-state index contributed by atoms with van der Waals surface area (Å²) in [7, 11) is 0. The average molecular weight is 204 g/mol. The lowest BCUT2D eigenvalue weighted by Crippen LogP contribution is -2.12. The van der Waals surface area contributed by atoms with Crippen LogP contribution in [-0.4, -0.2) is 16.9 Å². The van der Waals surface area contributed by atoms with Gasteiger partial charge >= 0.3 is 0 Å². The van der Waals surface area contributed by atoms with Gasteiger partial charge in [-0.3, -0.25) is 4.79 Å². The Kier molecular flexibility index (Phi) is 3.08. The highest BCUT2D eigenvalue weighted by atomic mass is 35.5. The lowest BCUT2D eigenvalue weighted by atomic mass is 10.3. The Balaban J connectivity index is 2.89. The van der Waals surface area contributed by atoms with Crippen LogP contribution in [0.1, 0.15) is 0 Å². The van der Waals surface area contributed by atoms with E-state index in [4.69, 9.17) is 16.7 Å². The molecular weight excluding hydrogens is 197 g/mol. The molecule has 5 heteroatoms. The second-order valence-electron chi connectivity index (χ2n) is 2.32. The van der Waals surface area contributed by atoms with Crippen molar-refractivity contribution in [3.05, 3.63) is 24.0 Å². The minimum atomic E-state index is -0.785. The summed E-state index contributed by atoms with van der Waals surface area (Å²) < 4.78 is 12.7. The van der Waals surface area contributed by atoms with Gasteiger partial charge in [-0.25, -0.2) is 4.39 Å². The number of rotatable bonds is 2. The number of nitrogens with one attached hydrogen (secondary N) is 1. The minimum Gasteiger partial charge on any atom is -0.503 e. The van der Waals surface area contributed by atoms with Crippen LogP contribution in [0.15, 0.2) is 18.2 Å². The van der Waals surface area contributed by atoms with E-state index in [1.54, 1.807) is 0 Å². The summed E-state index contributed by atoms with van der Waals surface area (Å²) >= 11 is 5.21. The van der Waals surface area contributed by atoms with Crippen molar-refractivity contribution in [1.82, 2.24) is 0 Å². The number of halogens is 2. The van der Waals surface area contributed by atoms with Crippen LogP contribution >= 0.6 is 11.6 Å². The maximum absolute atomic E-state index is 12.7. The molecule has 0 unspecified atom stereocenters. The molecule has 0 radical (unpaired) electrons. The second kappa shape index (κ2) is 4.09. The van der Waals surface area contributed by atoms with Crippen LogP contribution in [0.4, 0.5) is 10.1 Å². The molecule has 0 atom stereocenters. The summed E-state index contributed by atoms with van der Waals surface area (Å²) in [4.78, 5) is 10.8. The van der Waals surface area contributed by atoms with Gasteiger partial charge in [-0.05, 0) is 12.1 Å². The number of hydrogen-bond acceptors (Lipinski definition) is 2. The van der Waals surface area contributed by atoms with Crippen LogP contribution in [-0.2, 0) is 4.79 Å². The van der Waals surface area contributed by atoms with Crippen LogP contribution in [0.25, 0.3) is 0 Å². The van der Waals surface area contributed by atoms with E-state index in [2.05, 4.69) is 5.32 Å². The summed E-state index contributed by atoms with van der Waals surface area (Å²) in [6.07, 6.45) is 0. The standard InChI is InChI=1S/C8H7ClFNO2/c9-4-7(12)11-6-3-1-2-5(10)8(6)13/h1-3,13H,4H2,(H,11,12). The summed E-state index contributed by atoms with van der Waals surface area (Å²) in [5.74, 6) is -2.11. The number of benzene rings is 1. The Bertz CT molecular complexity index is 330. The van der Waals surface area contributed by atoms with Crippen LogP contribution in [0.3, 0.4) is 0 Å². The first kappa shape index (κ1) is 9.80. The first-order valence-corrected chi connectivity index (χ1v) is 4.02. The van der Waals surface area contributed by atoms with E-state index in [9.17, 15) is 9.18 Å². The second-order valence-corrected chi connectivity index (χ2v) is 2.59. The molecule has 1 aromatic carbocycles. The zero-order valence-corrected chi connectivity index (χ0v) is 7.31. The van der Waals surface area contributed by atoms with Gasteiger partial charge in [-0.15, -0.1) is 11.6 Å². The van der Waals surface area contributed by atoms with Gasteiger partial charge < -0.3 is 10.4 Å². The molecule has 0 bridgehead atoms. The van der Waals surface area contributed by atoms with Crippen LogP contribution in [0.2, 0.25) is 0 Å². The van der Waals surface area contributed by atoms with Crippen molar-refractivity contribution in [3.8, 4) is 5.75 Å². The minimum absolute atomic E-state index is 0.0191. The third-order valence-corrected chi connectivity index (χ3v) is 1.62. The Morgan fingerprint density at radius 2 is 2.31 bits per heavy atom. The van der Waals surface area contributed by atoms with Crippen molar-refractivity contribution >= 4 is 23.2 Å². The summed E-state index contributed by atoms with van der Waals surface area (Å²) in [5.41, 5.74) is 0.0191. The van der Waals surface area contributed by atoms with Crippen LogP contribution in [0, 0.1) is 5.82 Å². The number of carbonyl (C=O) groups is 1. The predicted octanol–water partition coefficient (Wildman–Crippen LogP) is 1.71. The molecule has 0 aliphatic carbocycles. The van der Waals surface area contributed by atoms with Crippen LogP contribution < -0.4 is 5.32 Å². The zero-order valence-electron chi connectivity index (χ0n) is 6.55. The molecule has 0 saturated carbocycles. The Morgan fingerprint density at radius 3 is 2.92 bits per heavy atom. The normalized spacial score (nSPS) is 9.69. The number of hydrogen-bond donors (Lipinski definition) is 2. The highest BCUT2D eigenvalue weighted by Gasteiger charge is 2.08. The third kappa shape index (κ3) is 2.32. The molecule has 3 nitrogen and oxygen atoms in total. The molecule has 2 N–H and O–H groups in total. The number of carbonyl (C=O) groups excluding carboxylic acids is 1. The number of anilines is 1. The van der Waals surface area contributed by atoms with E-state index in [0.29, 0.717) is 0 Å². The number of alkyl halides is 1. The fourth-order valence-electron chi connectivity index (χ4n) is 0.800. The number of phenols is 1. The maximum atomic E-state index is 12.7. The molecule has 0 spiro atoms. The van der Waals surface area contributed by atoms with Gasteiger partial charge in [0, 0.05) is 0 Å². The summed E-state index contributed by atoms with van der Waals surface area (Å²) in [6.45, 7) is 0. The third-order valence-electron chi connectivity index (χ3n) is 1.38. The number of aromatic hydroxyl groups is 1. The van der Waals surface area contributed by atoms with Crippen molar-refractivity contribution in [3.63, 3.8) is 0 Å². The van der Waals surface area contributed by atoms with E-state index in [-0.39, 0.29) is 11.6 Å². The first-order chi connectivity index (χ1) is 6.15. The van der Waals surface area contributed by atoms with Gasteiger partial charge in [0.15, 0.2) is 11.6 Å². The monoisotopic (exact) mass is 203 g/mol. The van der Waals surface area contributed by atoms with Crippen molar-refractivity contribution in [2.75, 3.05) is 11.2 Å². The van der Waals surface area contributed by atoms with E-state index in [1.165, 1.54) is 12.1 Å². The van der Waals surface area contributed by atoms with E-state index >= 15 is 0 Å². The zero-order chi connectivity index (χ0) is 9.84. The van der Waals surface area contributed by atoms with Gasteiger partial charge in [0.05, 0.1) is 5.69 Å². The lowest BCUT2D eigenvalue weighted by Gasteiger charge is -2.05. The SMILES string of the molecule is O=C(CCl)Nc1cccc(F)c1O. The van der Waals surface area contributed by atoms with E-state index in [0.717, 1.165) is 6.07 Å². The summed E-state index contributed by atoms with van der Waals surface area (Å²) in [6, 6.07) is 3.84. The van der Waals surface area contributed by atoms with Gasteiger partial charge in [-0.1, -0.05) is 6.07 Å². The molecule has 0 heterocycles. The van der Waals surface area contributed by atoms with Crippen molar-refractivity contribution < 1.29 is 14.3 Å². The van der Waals surface area contributed by atoms with Gasteiger partial charge in [0.1, 0.15) is 5.88 Å². The quantitative estimate of drug-likeness (QED) is 0.568. The van der Waals surface area contributed by atoms with Gasteiger partial charge in [-0.2, -0.15) is 0 Å².